The number of piperidine rings is 1. The zero-order valence-electron chi connectivity index (χ0n) is 12.9. The maximum atomic E-state index is 12.9. The highest BCUT2D eigenvalue weighted by Crippen LogP contribution is 2.28. The van der Waals surface area contributed by atoms with E-state index in [1.165, 1.54) is 12.8 Å². The minimum absolute atomic E-state index is 0.167. The average Bonchev–Trinajstić information content (AvgIpc) is 2.60. The highest BCUT2D eigenvalue weighted by molar-refractivity contribution is 5.96. The second-order valence-electron chi connectivity index (χ2n) is 6.42. The van der Waals surface area contributed by atoms with Crippen molar-refractivity contribution in [1.29, 1.82) is 0 Å². The Bertz CT molecular complexity index is 536. The highest BCUT2D eigenvalue weighted by atomic mass is 16.2. The average molecular weight is 276 g/mol. The predicted molar refractivity (Wildman–Crippen MR) is 77.7 cm³/mol. The van der Waals surface area contributed by atoms with E-state index in [1.807, 2.05) is 20.9 Å². The molecule has 0 N–H and O–H groups in total. The molecule has 0 radical (unpaired) electrons. The molecule has 0 unspecified atom stereocenters. The summed E-state index contributed by atoms with van der Waals surface area (Å²) in [5, 5.41) is 4.38. The number of aromatic nitrogens is 2. The summed E-state index contributed by atoms with van der Waals surface area (Å²) in [5.41, 5.74) is 2.62. The molecule has 0 aliphatic carbocycles. The van der Waals surface area contributed by atoms with Crippen LogP contribution in [0.15, 0.2) is 0 Å². The summed E-state index contributed by atoms with van der Waals surface area (Å²) in [6.45, 7) is 6.79. The molecule has 2 bridgehead atoms. The van der Waals surface area contributed by atoms with Gasteiger partial charge in [0, 0.05) is 38.4 Å². The smallest absolute Gasteiger partial charge is 0.257 e. The lowest BCUT2D eigenvalue weighted by Gasteiger charge is -2.32. The Labute approximate surface area is 120 Å². The quantitative estimate of drug-likeness (QED) is 0.774. The largest absolute Gasteiger partial charge is 0.337 e. The summed E-state index contributed by atoms with van der Waals surface area (Å²) < 4.78 is 1.81. The van der Waals surface area contributed by atoms with E-state index in [1.54, 1.807) is 4.68 Å². The van der Waals surface area contributed by atoms with Gasteiger partial charge in [0.25, 0.3) is 5.91 Å². The number of nitrogens with zero attached hydrogens (tertiary/aromatic N) is 4. The van der Waals surface area contributed by atoms with Crippen molar-refractivity contribution in [2.75, 3.05) is 26.7 Å². The van der Waals surface area contributed by atoms with E-state index < -0.39 is 0 Å². The van der Waals surface area contributed by atoms with E-state index in [0.717, 1.165) is 36.6 Å². The minimum atomic E-state index is 0.167. The molecule has 3 aliphatic rings. The van der Waals surface area contributed by atoms with Gasteiger partial charge in [-0.15, -0.1) is 0 Å². The lowest BCUT2D eigenvalue weighted by Crippen LogP contribution is -2.42. The number of likely N-dealkylation sites (N-methyl/N-ethyl adjacent to an activating group) is 1. The van der Waals surface area contributed by atoms with Crippen LogP contribution in [-0.4, -0.2) is 58.2 Å². The van der Waals surface area contributed by atoms with Crippen LogP contribution in [-0.2, 0) is 7.05 Å². The van der Waals surface area contributed by atoms with Crippen molar-refractivity contribution in [2.24, 2.45) is 13.0 Å². The molecule has 5 heteroatoms. The monoisotopic (exact) mass is 276 g/mol. The summed E-state index contributed by atoms with van der Waals surface area (Å²) in [4.78, 5) is 17.4. The first kappa shape index (κ1) is 13.6. The Kier molecular flexibility index (Phi) is 3.32. The van der Waals surface area contributed by atoms with Crippen molar-refractivity contribution in [1.82, 2.24) is 19.6 Å². The van der Waals surface area contributed by atoms with Crippen molar-refractivity contribution in [3.63, 3.8) is 0 Å². The third kappa shape index (κ3) is 2.14. The number of rotatable bonds is 1. The van der Waals surface area contributed by atoms with E-state index in [9.17, 15) is 4.79 Å². The molecule has 4 heterocycles. The molecule has 2 atom stereocenters. The van der Waals surface area contributed by atoms with Gasteiger partial charge in [-0.3, -0.25) is 9.48 Å². The first-order valence-electron chi connectivity index (χ1n) is 7.47. The van der Waals surface area contributed by atoms with Crippen LogP contribution in [0, 0.1) is 19.8 Å². The minimum Gasteiger partial charge on any atom is -0.337 e. The zero-order chi connectivity index (χ0) is 14.4. The van der Waals surface area contributed by atoms with Gasteiger partial charge in [0.1, 0.15) is 0 Å². The Morgan fingerprint density at radius 1 is 1.15 bits per heavy atom. The maximum Gasteiger partial charge on any atom is 0.257 e. The maximum absolute atomic E-state index is 12.9. The third-order valence-electron chi connectivity index (χ3n) is 5.00. The van der Waals surface area contributed by atoms with Gasteiger partial charge in [0.05, 0.1) is 11.3 Å². The molecule has 5 nitrogen and oxygen atoms in total. The Morgan fingerprint density at radius 3 is 2.50 bits per heavy atom. The van der Waals surface area contributed by atoms with Gasteiger partial charge in [-0.1, -0.05) is 0 Å². The summed E-state index contributed by atoms with van der Waals surface area (Å²) >= 11 is 0. The molecule has 3 fully saturated rings. The Morgan fingerprint density at radius 2 is 1.90 bits per heavy atom. The van der Waals surface area contributed by atoms with Crippen LogP contribution in [0.4, 0.5) is 0 Å². The van der Waals surface area contributed by atoms with Crippen LogP contribution < -0.4 is 0 Å². The molecule has 1 amide bonds. The molecule has 0 aromatic carbocycles. The summed E-state index contributed by atoms with van der Waals surface area (Å²) in [6.07, 6.45) is 2.47. The molecule has 20 heavy (non-hydrogen) atoms. The van der Waals surface area contributed by atoms with Gasteiger partial charge in [0.2, 0.25) is 0 Å². The van der Waals surface area contributed by atoms with Crippen LogP contribution in [0.1, 0.15) is 34.6 Å². The first-order chi connectivity index (χ1) is 9.47. The van der Waals surface area contributed by atoms with Crippen molar-refractivity contribution in [3.8, 4) is 0 Å². The molecule has 3 aliphatic heterocycles. The fraction of sp³-hybridized carbons (Fsp3) is 0.733. The van der Waals surface area contributed by atoms with E-state index >= 15 is 0 Å². The SMILES string of the molecule is Cc1nn(C)c(C)c1C(=O)N1C[C@H]2CC[C@@H](C1)N(C)C2. The number of amides is 1. The van der Waals surface area contributed by atoms with E-state index in [4.69, 9.17) is 0 Å². The van der Waals surface area contributed by atoms with Gasteiger partial charge >= 0.3 is 0 Å². The topological polar surface area (TPSA) is 41.4 Å². The number of carbonyl (C=O) groups is 1. The van der Waals surface area contributed by atoms with Gasteiger partial charge in [-0.2, -0.15) is 5.10 Å². The first-order valence-corrected chi connectivity index (χ1v) is 7.47. The van der Waals surface area contributed by atoms with Crippen LogP contribution in [0.2, 0.25) is 0 Å². The van der Waals surface area contributed by atoms with Crippen LogP contribution in [0.5, 0.6) is 0 Å². The zero-order valence-corrected chi connectivity index (χ0v) is 12.9. The van der Waals surface area contributed by atoms with E-state index in [-0.39, 0.29) is 5.91 Å². The fourth-order valence-electron chi connectivity index (χ4n) is 3.72. The predicted octanol–water partition coefficient (Wildman–Crippen LogP) is 1.20. The number of aryl methyl sites for hydroxylation is 2. The van der Waals surface area contributed by atoms with Crippen LogP contribution >= 0.6 is 0 Å². The highest BCUT2D eigenvalue weighted by Gasteiger charge is 2.36. The number of fused-ring (bicyclic) bond motifs is 4. The second kappa shape index (κ2) is 4.88. The number of hydrogen-bond donors (Lipinski definition) is 0. The van der Waals surface area contributed by atoms with Crippen molar-refractivity contribution >= 4 is 5.91 Å². The Hall–Kier alpha value is -1.36. The summed E-state index contributed by atoms with van der Waals surface area (Å²) in [5.74, 6) is 0.792. The van der Waals surface area contributed by atoms with E-state index in [0.29, 0.717) is 12.0 Å². The Balaban J connectivity index is 1.87. The standard InChI is InChI=1S/C15H24N4O/c1-10-14(11(2)18(4)16-10)15(20)19-8-12-5-6-13(9-19)17(3)7-12/h12-13H,5-9H2,1-4H3/t12-,13-/m0/s1. The molecule has 1 aromatic heterocycles. The summed E-state index contributed by atoms with van der Waals surface area (Å²) in [6, 6.07) is 0.523. The van der Waals surface area contributed by atoms with Gasteiger partial charge < -0.3 is 9.80 Å². The van der Waals surface area contributed by atoms with Crippen LogP contribution in [0.25, 0.3) is 0 Å². The molecular formula is C15H24N4O. The number of hydrogen-bond acceptors (Lipinski definition) is 3. The summed E-state index contributed by atoms with van der Waals surface area (Å²) in [7, 11) is 4.09. The van der Waals surface area contributed by atoms with Gasteiger partial charge in [-0.05, 0) is 39.7 Å². The molecule has 0 saturated carbocycles. The normalized spacial score (nSPS) is 26.9. The molecular weight excluding hydrogens is 252 g/mol. The molecule has 110 valence electrons. The molecule has 1 aromatic rings. The molecule has 3 saturated heterocycles. The van der Waals surface area contributed by atoms with Crippen molar-refractivity contribution in [3.05, 3.63) is 17.0 Å². The van der Waals surface area contributed by atoms with Gasteiger partial charge in [0.15, 0.2) is 0 Å². The molecule has 4 rings (SSSR count). The lowest BCUT2D eigenvalue weighted by molar-refractivity contribution is 0.0741. The lowest BCUT2D eigenvalue weighted by atomic mass is 9.96. The van der Waals surface area contributed by atoms with Crippen molar-refractivity contribution in [2.45, 2.75) is 32.7 Å². The van der Waals surface area contributed by atoms with Gasteiger partial charge in [-0.25, -0.2) is 0 Å². The second-order valence-corrected chi connectivity index (χ2v) is 6.42. The van der Waals surface area contributed by atoms with Crippen LogP contribution in [0.3, 0.4) is 0 Å². The van der Waals surface area contributed by atoms with Crippen molar-refractivity contribution < 1.29 is 4.79 Å². The third-order valence-corrected chi connectivity index (χ3v) is 5.00. The fourth-order valence-corrected chi connectivity index (χ4v) is 3.72. The number of carbonyl (C=O) groups excluding carboxylic acids is 1. The molecule has 0 spiro atoms. The van der Waals surface area contributed by atoms with E-state index in [2.05, 4.69) is 21.9 Å².